The predicted molar refractivity (Wildman–Crippen MR) is 86.4 cm³/mol. The van der Waals surface area contributed by atoms with Gasteiger partial charge in [0.25, 0.3) is 0 Å². The third-order valence-corrected chi connectivity index (χ3v) is 3.21. The minimum Gasteiger partial charge on any atom is -0.346 e. The van der Waals surface area contributed by atoms with Crippen LogP contribution >= 0.6 is 12.4 Å². The first-order chi connectivity index (χ1) is 9.97. The number of carbonyl (C=O) groups excluding carboxylic acids is 1. The summed E-state index contributed by atoms with van der Waals surface area (Å²) in [6.07, 6.45) is 0. The van der Waals surface area contributed by atoms with E-state index in [9.17, 15) is 4.79 Å². The van der Waals surface area contributed by atoms with E-state index in [1.807, 2.05) is 45.0 Å². The number of amides is 1. The van der Waals surface area contributed by atoms with Crippen molar-refractivity contribution in [1.29, 1.82) is 0 Å². The molecule has 6 nitrogen and oxygen atoms in total. The van der Waals surface area contributed by atoms with Crippen LogP contribution in [0.15, 0.2) is 28.8 Å². The SMILES string of the molecule is Cc1ccc(-c2noc(CNC(=O)[C@@H](N)C(C)C)n2)cc1.Cl. The number of hydrogen-bond acceptors (Lipinski definition) is 5. The van der Waals surface area contributed by atoms with E-state index in [1.165, 1.54) is 0 Å². The Hall–Kier alpha value is -1.92. The van der Waals surface area contributed by atoms with Gasteiger partial charge in [-0.1, -0.05) is 48.8 Å². The number of aromatic nitrogens is 2. The van der Waals surface area contributed by atoms with Crippen LogP contribution in [0.25, 0.3) is 11.4 Å². The molecule has 0 aliphatic carbocycles. The molecule has 3 N–H and O–H groups in total. The normalized spacial score (nSPS) is 11.9. The Kier molecular flexibility index (Phi) is 6.52. The maximum absolute atomic E-state index is 11.7. The number of nitrogens with zero attached hydrogens (tertiary/aromatic N) is 2. The third-order valence-electron chi connectivity index (χ3n) is 3.21. The smallest absolute Gasteiger partial charge is 0.246 e. The summed E-state index contributed by atoms with van der Waals surface area (Å²) in [6, 6.07) is 7.28. The molecule has 0 aliphatic heterocycles. The zero-order valence-corrected chi connectivity index (χ0v) is 13.7. The summed E-state index contributed by atoms with van der Waals surface area (Å²) in [5.41, 5.74) is 7.80. The fourth-order valence-corrected chi connectivity index (χ4v) is 1.73. The van der Waals surface area contributed by atoms with Crippen molar-refractivity contribution >= 4 is 18.3 Å². The quantitative estimate of drug-likeness (QED) is 0.878. The van der Waals surface area contributed by atoms with Crippen LogP contribution in [0.1, 0.15) is 25.3 Å². The zero-order chi connectivity index (χ0) is 15.4. The van der Waals surface area contributed by atoms with Crippen molar-refractivity contribution < 1.29 is 9.32 Å². The molecule has 1 aromatic heterocycles. The molecule has 0 spiro atoms. The van der Waals surface area contributed by atoms with Crippen LogP contribution in [0.5, 0.6) is 0 Å². The summed E-state index contributed by atoms with van der Waals surface area (Å²) in [4.78, 5) is 16.0. The van der Waals surface area contributed by atoms with Crippen LogP contribution < -0.4 is 11.1 Å². The van der Waals surface area contributed by atoms with E-state index in [0.29, 0.717) is 11.7 Å². The molecule has 7 heteroatoms. The summed E-state index contributed by atoms with van der Waals surface area (Å²) in [5.74, 6) is 0.721. The second kappa shape index (κ2) is 7.91. The Morgan fingerprint density at radius 2 is 1.95 bits per heavy atom. The number of nitrogens with two attached hydrogens (primary N) is 1. The monoisotopic (exact) mass is 324 g/mol. The Morgan fingerprint density at radius 1 is 1.32 bits per heavy atom. The average Bonchev–Trinajstić information content (AvgIpc) is 2.93. The minimum absolute atomic E-state index is 0. The molecule has 1 atom stereocenters. The van der Waals surface area contributed by atoms with Crippen molar-refractivity contribution in [2.45, 2.75) is 33.4 Å². The summed E-state index contributed by atoms with van der Waals surface area (Å²) in [5, 5.41) is 6.60. The van der Waals surface area contributed by atoms with Gasteiger partial charge in [0.05, 0.1) is 12.6 Å². The van der Waals surface area contributed by atoms with Gasteiger partial charge in [-0.15, -0.1) is 12.4 Å². The van der Waals surface area contributed by atoms with Gasteiger partial charge in [0.2, 0.25) is 17.6 Å². The number of rotatable bonds is 5. The first-order valence-electron chi connectivity index (χ1n) is 6.90. The van der Waals surface area contributed by atoms with Gasteiger partial charge in [0.15, 0.2) is 0 Å². The van der Waals surface area contributed by atoms with Crippen molar-refractivity contribution in [3.63, 3.8) is 0 Å². The van der Waals surface area contributed by atoms with Crippen LogP contribution in [0.4, 0.5) is 0 Å². The van der Waals surface area contributed by atoms with Gasteiger partial charge < -0.3 is 15.6 Å². The molecule has 2 rings (SSSR count). The number of aryl methyl sites for hydroxylation is 1. The molecule has 0 saturated carbocycles. The Morgan fingerprint density at radius 3 is 2.55 bits per heavy atom. The van der Waals surface area contributed by atoms with Gasteiger partial charge in [-0.25, -0.2) is 0 Å². The van der Waals surface area contributed by atoms with Crippen LogP contribution in [-0.2, 0) is 11.3 Å². The fraction of sp³-hybridized carbons (Fsp3) is 0.400. The van der Waals surface area contributed by atoms with E-state index in [1.54, 1.807) is 0 Å². The van der Waals surface area contributed by atoms with Gasteiger partial charge in [0, 0.05) is 5.56 Å². The number of hydrogen-bond donors (Lipinski definition) is 2. The standard InChI is InChI=1S/C15H20N4O2.ClH/c1-9(2)13(16)15(20)17-8-12-18-14(19-21-12)11-6-4-10(3)5-7-11;/h4-7,9,13H,8,16H2,1-3H3,(H,17,20);1H/t13-;/m0./s1. The maximum Gasteiger partial charge on any atom is 0.246 e. The summed E-state index contributed by atoms with van der Waals surface area (Å²) in [7, 11) is 0. The van der Waals surface area contributed by atoms with Crippen LogP contribution in [0.2, 0.25) is 0 Å². The lowest BCUT2D eigenvalue weighted by Gasteiger charge is -2.14. The molecule has 0 unspecified atom stereocenters. The van der Waals surface area contributed by atoms with Gasteiger partial charge in [-0.2, -0.15) is 4.98 Å². The lowest BCUT2D eigenvalue weighted by molar-refractivity contribution is -0.123. The topological polar surface area (TPSA) is 94.0 Å². The molecule has 22 heavy (non-hydrogen) atoms. The lowest BCUT2D eigenvalue weighted by atomic mass is 10.1. The van der Waals surface area contributed by atoms with Crippen molar-refractivity contribution in [3.8, 4) is 11.4 Å². The molecular formula is C15H21ClN4O2. The van der Waals surface area contributed by atoms with Crippen LogP contribution in [0, 0.1) is 12.8 Å². The third kappa shape index (κ3) is 4.54. The molecule has 1 heterocycles. The van der Waals surface area contributed by atoms with E-state index < -0.39 is 6.04 Å². The molecule has 0 bridgehead atoms. The van der Waals surface area contributed by atoms with Gasteiger partial charge in [-0.05, 0) is 12.8 Å². The maximum atomic E-state index is 11.7. The summed E-state index contributed by atoms with van der Waals surface area (Å²) < 4.78 is 5.12. The van der Waals surface area contributed by atoms with Crippen LogP contribution in [-0.4, -0.2) is 22.1 Å². The lowest BCUT2D eigenvalue weighted by Crippen LogP contribution is -2.43. The molecule has 1 aromatic carbocycles. The Bertz CT molecular complexity index is 610. The van der Waals surface area contributed by atoms with E-state index in [4.69, 9.17) is 10.3 Å². The van der Waals surface area contributed by atoms with Crippen molar-refractivity contribution in [3.05, 3.63) is 35.7 Å². The molecule has 2 aromatic rings. The number of nitrogens with one attached hydrogen (secondary N) is 1. The first kappa shape index (κ1) is 18.1. The van der Waals surface area contributed by atoms with E-state index >= 15 is 0 Å². The molecule has 0 aliphatic rings. The highest BCUT2D eigenvalue weighted by molar-refractivity contribution is 5.85. The predicted octanol–water partition coefficient (Wildman–Crippen LogP) is 2.07. The molecule has 0 radical (unpaired) electrons. The first-order valence-corrected chi connectivity index (χ1v) is 6.90. The number of carbonyl (C=O) groups is 1. The molecule has 0 fully saturated rings. The zero-order valence-electron chi connectivity index (χ0n) is 12.9. The van der Waals surface area contributed by atoms with Crippen molar-refractivity contribution in [2.24, 2.45) is 11.7 Å². The Balaban J connectivity index is 0.00000242. The highest BCUT2D eigenvalue weighted by Crippen LogP contribution is 2.16. The fourth-order valence-electron chi connectivity index (χ4n) is 1.73. The van der Waals surface area contributed by atoms with E-state index in [-0.39, 0.29) is 30.8 Å². The molecular weight excluding hydrogens is 304 g/mol. The van der Waals surface area contributed by atoms with E-state index in [0.717, 1.165) is 11.1 Å². The molecule has 120 valence electrons. The van der Waals surface area contributed by atoms with E-state index in [2.05, 4.69) is 15.5 Å². The second-order valence-corrected chi connectivity index (χ2v) is 5.37. The minimum atomic E-state index is -0.538. The second-order valence-electron chi connectivity index (χ2n) is 5.37. The molecule has 1 amide bonds. The number of benzene rings is 1. The summed E-state index contributed by atoms with van der Waals surface area (Å²) >= 11 is 0. The Labute approximate surface area is 135 Å². The van der Waals surface area contributed by atoms with Gasteiger partial charge in [-0.3, -0.25) is 4.79 Å². The number of halogens is 1. The average molecular weight is 325 g/mol. The van der Waals surface area contributed by atoms with Crippen molar-refractivity contribution in [2.75, 3.05) is 0 Å². The molecule has 0 saturated heterocycles. The van der Waals surface area contributed by atoms with Gasteiger partial charge in [0.1, 0.15) is 0 Å². The highest BCUT2D eigenvalue weighted by atomic mass is 35.5. The highest BCUT2D eigenvalue weighted by Gasteiger charge is 2.17. The van der Waals surface area contributed by atoms with Crippen molar-refractivity contribution in [1.82, 2.24) is 15.5 Å². The largest absolute Gasteiger partial charge is 0.346 e. The summed E-state index contributed by atoms with van der Waals surface area (Å²) in [6.45, 7) is 5.98. The van der Waals surface area contributed by atoms with Gasteiger partial charge >= 0.3 is 0 Å². The van der Waals surface area contributed by atoms with Crippen LogP contribution in [0.3, 0.4) is 0 Å².